The van der Waals surface area contributed by atoms with E-state index in [9.17, 15) is 14.9 Å². The molecule has 0 radical (unpaired) electrons. The summed E-state index contributed by atoms with van der Waals surface area (Å²) in [6.07, 6.45) is 5.49. The van der Waals surface area contributed by atoms with Gasteiger partial charge in [-0.15, -0.1) is 0 Å². The van der Waals surface area contributed by atoms with Gasteiger partial charge in [-0.3, -0.25) is 14.5 Å². The van der Waals surface area contributed by atoms with Gasteiger partial charge < -0.3 is 10.6 Å². The Balaban J connectivity index is 1.63. The third kappa shape index (κ3) is 5.54. The Bertz CT molecular complexity index is 1570. The standard InChI is InChI=1S/C32H30ClN5O2/c1-4-8-26(5-2)32(27-12-7-9-23(18-27)19-34)30(40)38(31(35)36-32)21-24-10-6-11-25(17-24)29(39)37(3)20-22-13-15-28(33)16-14-22/h4-18H,20-21H2,1-3H3,(H2,35,36)/b8-4-,26-5+. The maximum atomic E-state index is 14.2. The first kappa shape index (κ1) is 28.3. The van der Waals surface area contributed by atoms with Gasteiger partial charge >= 0.3 is 0 Å². The molecule has 0 bridgehead atoms. The van der Waals surface area contributed by atoms with E-state index >= 15 is 0 Å². The van der Waals surface area contributed by atoms with Crippen molar-refractivity contribution in [2.75, 3.05) is 7.05 Å². The van der Waals surface area contributed by atoms with Gasteiger partial charge in [0.2, 0.25) is 0 Å². The zero-order valence-electron chi connectivity index (χ0n) is 22.6. The van der Waals surface area contributed by atoms with E-state index in [1.807, 2.05) is 50.3 Å². The van der Waals surface area contributed by atoms with Gasteiger partial charge in [-0.25, -0.2) is 4.99 Å². The predicted octanol–water partition coefficient (Wildman–Crippen LogP) is 5.56. The molecule has 2 amide bonds. The zero-order chi connectivity index (χ0) is 28.9. The second-order valence-electron chi connectivity index (χ2n) is 9.50. The van der Waals surface area contributed by atoms with Crippen LogP contribution in [-0.4, -0.2) is 34.6 Å². The molecule has 0 fully saturated rings. The third-order valence-electron chi connectivity index (χ3n) is 6.79. The molecule has 3 aromatic rings. The zero-order valence-corrected chi connectivity index (χ0v) is 23.4. The van der Waals surface area contributed by atoms with Crippen LogP contribution in [0.3, 0.4) is 0 Å². The predicted molar refractivity (Wildman–Crippen MR) is 157 cm³/mol. The second kappa shape index (κ2) is 12.0. The molecule has 8 heteroatoms. The van der Waals surface area contributed by atoms with Crippen molar-refractivity contribution in [3.8, 4) is 6.07 Å². The minimum absolute atomic E-state index is 0.0628. The molecule has 0 spiro atoms. The smallest absolute Gasteiger partial charge is 0.266 e. The number of nitriles is 1. The normalized spacial score (nSPS) is 17.2. The molecule has 4 rings (SSSR count). The fourth-order valence-corrected chi connectivity index (χ4v) is 4.96. The molecular formula is C32H30ClN5O2. The van der Waals surface area contributed by atoms with Gasteiger partial charge in [-0.2, -0.15) is 5.26 Å². The molecule has 0 saturated heterocycles. The number of rotatable bonds is 8. The van der Waals surface area contributed by atoms with E-state index in [0.29, 0.717) is 33.8 Å². The highest BCUT2D eigenvalue weighted by molar-refractivity contribution is 6.30. The molecule has 1 atom stereocenters. The molecule has 1 heterocycles. The summed E-state index contributed by atoms with van der Waals surface area (Å²) in [5.41, 5.74) is 8.76. The van der Waals surface area contributed by atoms with Crippen molar-refractivity contribution in [1.29, 1.82) is 5.26 Å². The van der Waals surface area contributed by atoms with Gasteiger partial charge in [0.15, 0.2) is 11.5 Å². The lowest BCUT2D eigenvalue weighted by Crippen LogP contribution is -2.43. The van der Waals surface area contributed by atoms with Crippen LogP contribution >= 0.6 is 11.6 Å². The first-order chi connectivity index (χ1) is 19.2. The number of benzene rings is 3. The Morgan fingerprint density at radius 3 is 2.50 bits per heavy atom. The maximum Gasteiger partial charge on any atom is 0.266 e. The van der Waals surface area contributed by atoms with Gasteiger partial charge in [-0.1, -0.05) is 66.2 Å². The summed E-state index contributed by atoms with van der Waals surface area (Å²) in [7, 11) is 1.74. The Labute approximate surface area is 239 Å². The number of nitrogens with two attached hydrogens (primary N) is 1. The highest BCUT2D eigenvalue weighted by Gasteiger charge is 2.51. The number of guanidine groups is 1. The van der Waals surface area contributed by atoms with E-state index in [0.717, 1.165) is 11.1 Å². The van der Waals surface area contributed by atoms with Crippen molar-refractivity contribution < 1.29 is 9.59 Å². The minimum atomic E-state index is -1.43. The van der Waals surface area contributed by atoms with Crippen molar-refractivity contribution in [3.63, 3.8) is 0 Å². The first-order valence-electron chi connectivity index (χ1n) is 12.8. The molecule has 202 valence electrons. The van der Waals surface area contributed by atoms with Crippen molar-refractivity contribution in [3.05, 3.63) is 129 Å². The van der Waals surface area contributed by atoms with Crippen molar-refractivity contribution in [1.82, 2.24) is 9.80 Å². The van der Waals surface area contributed by atoms with Crippen molar-refractivity contribution >= 4 is 29.4 Å². The third-order valence-corrected chi connectivity index (χ3v) is 7.04. The van der Waals surface area contributed by atoms with Crippen LogP contribution in [0.4, 0.5) is 0 Å². The summed E-state index contributed by atoms with van der Waals surface area (Å²) in [5, 5.41) is 10.1. The summed E-state index contributed by atoms with van der Waals surface area (Å²) < 4.78 is 0. The van der Waals surface area contributed by atoms with Crippen LogP contribution in [0.1, 0.15) is 46.5 Å². The number of hydrogen-bond donors (Lipinski definition) is 1. The lowest BCUT2D eigenvalue weighted by Gasteiger charge is -2.28. The van der Waals surface area contributed by atoms with Gasteiger partial charge in [0.1, 0.15) is 0 Å². The minimum Gasteiger partial charge on any atom is -0.369 e. The Morgan fingerprint density at radius 1 is 1.10 bits per heavy atom. The second-order valence-corrected chi connectivity index (χ2v) is 9.93. The maximum absolute atomic E-state index is 14.2. The molecule has 0 aromatic heterocycles. The van der Waals surface area contributed by atoms with Crippen LogP contribution in [0.2, 0.25) is 5.02 Å². The number of allylic oxidation sites excluding steroid dienone is 2. The Hall–Kier alpha value is -4.67. The van der Waals surface area contributed by atoms with E-state index in [1.165, 1.54) is 4.90 Å². The fraction of sp³-hybridized carbons (Fsp3) is 0.188. The number of nitrogens with zero attached hydrogens (tertiary/aromatic N) is 4. The number of halogens is 1. The van der Waals surface area contributed by atoms with Crippen LogP contribution in [0.15, 0.2) is 102 Å². The first-order valence-corrected chi connectivity index (χ1v) is 13.2. The number of amides is 2. The van der Waals surface area contributed by atoms with Crippen molar-refractivity contribution in [2.24, 2.45) is 10.7 Å². The van der Waals surface area contributed by atoms with Gasteiger partial charge in [0, 0.05) is 24.2 Å². The monoisotopic (exact) mass is 551 g/mol. The summed E-state index contributed by atoms with van der Waals surface area (Å²) in [6.45, 7) is 4.25. The summed E-state index contributed by atoms with van der Waals surface area (Å²) in [6, 6.07) is 23.5. The topological polar surface area (TPSA) is 103 Å². The lowest BCUT2D eigenvalue weighted by molar-refractivity contribution is -0.130. The molecule has 0 aliphatic carbocycles. The summed E-state index contributed by atoms with van der Waals surface area (Å²) in [5.74, 6) is -0.422. The number of aliphatic imine (C=N–C) groups is 1. The average Bonchev–Trinajstić information content (AvgIpc) is 3.22. The van der Waals surface area contributed by atoms with Crippen LogP contribution in [-0.2, 0) is 23.4 Å². The molecule has 1 unspecified atom stereocenters. The SMILES string of the molecule is C/C=C\C(=C/C)C1(c2cccc(C#N)c2)N=C(N)N(Cc2cccc(C(=O)N(C)Cc3ccc(Cl)cc3)c2)C1=O. The molecule has 3 aromatic carbocycles. The van der Waals surface area contributed by atoms with Gasteiger partial charge in [0.25, 0.3) is 11.8 Å². The summed E-state index contributed by atoms with van der Waals surface area (Å²) >= 11 is 5.98. The largest absolute Gasteiger partial charge is 0.369 e. The molecule has 0 saturated carbocycles. The van der Waals surface area contributed by atoms with E-state index < -0.39 is 5.54 Å². The molecule has 1 aliphatic rings. The summed E-state index contributed by atoms with van der Waals surface area (Å²) in [4.78, 5) is 35.1. The van der Waals surface area contributed by atoms with Crippen molar-refractivity contribution in [2.45, 2.75) is 32.5 Å². The Kier molecular flexibility index (Phi) is 8.52. The van der Waals surface area contributed by atoms with E-state index in [4.69, 9.17) is 22.3 Å². The number of carbonyl (C=O) groups excluding carboxylic acids is 2. The molecule has 2 N–H and O–H groups in total. The molecule has 40 heavy (non-hydrogen) atoms. The number of hydrogen-bond acceptors (Lipinski definition) is 5. The van der Waals surface area contributed by atoms with E-state index in [2.05, 4.69) is 6.07 Å². The quantitative estimate of drug-likeness (QED) is 0.370. The number of carbonyl (C=O) groups is 2. The fourth-order valence-electron chi connectivity index (χ4n) is 4.84. The van der Waals surface area contributed by atoms with E-state index in [-0.39, 0.29) is 24.3 Å². The highest BCUT2D eigenvalue weighted by Crippen LogP contribution is 2.41. The average molecular weight is 552 g/mol. The van der Waals surface area contributed by atoms with E-state index in [1.54, 1.807) is 66.5 Å². The van der Waals surface area contributed by atoms with Crippen LogP contribution in [0.25, 0.3) is 0 Å². The van der Waals surface area contributed by atoms with Crippen LogP contribution in [0.5, 0.6) is 0 Å². The van der Waals surface area contributed by atoms with Gasteiger partial charge in [0.05, 0.1) is 18.2 Å². The highest BCUT2D eigenvalue weighted by atomic mass is 35.5. The Morgan fingerprint density at radius 2 is 1.82 bits per heavy atom. The molecule has 1 aliphatic heterocycles. The molecular weight excluding hydrogens is 522 g/mol. The lowest BCUT2D eigenvalue weighted by atomic mass is 9.81. The van der Waals surface area contributed by atoms with Crippen LogP contribution in [0, 0.1) is 11.3 Å². The molecule has 7 nitrogen and oxygen atoms in total. The van der Waals surface area contributed by atoms with Gasteiger partial charge in [-0.05, 0) is 72.5 Å². The van der Waals surface area contributed by atoms with Crippen LogP contribution < -0.4 is 5.73 Å².